The number of nitrogens with zero attached hydrogens (tertiary/aromatic N) is 3. The lowest BCUT2D eigenvalue weighted by Gasteiger charge is -2.13. The normalized spacial score (nSPS) is 11.9. The number of methoxy groups -OCH3 is 1. The van der Waals surface area contributed by atoms with E-state index in [2.05, 4.69) is 26.7 Å². The molecule has 10 nitrogen and oxygen atoms in total. The summed E-state index contributed by atoms with van der Waals surface area (Å²) in [5.74, 6) is 1.34. The van der Waals surface area contributed by atoms with Gasteiger partial charge >= 0.3 is 0 Å². The molecule has 0 saturated carbocycles. The molecule has 3 aromatic rings. The molecule has 2 heterocycles. The van der Waals surface area contributed by atoms with Crippen LogP contribution in [0.15, 0.2) is 27.9 Å². The molecule has 3 rings (SSSR count). The molecule has 34 heavy (non-hydrogen) atoms. The monoisotopic (exact) mass is 491 g/mol. The van der Waals surface area contributed by atoms with Gasteiger partial charge in [-0.05, 0) is 38.5 Å². The highest BCUT2D eigenvalue weighted by Crippen LogP contribution is 2.30. The molecule has 186 valence electrons. The van der Waals surface area contributed by atoms with Gasteiger partial charge in [0.25, 0.3) is 5.56 Å². The van der Waals surface area contributed by atoms with E-state index in [4.69, 9.17) is 9.47 Å². The number of fused-ring (bicyclic) bond motifs is 1. The minimum absolute atomic E-state index is 0.0337. The molecule has 0 atom stereocenters. The van der Waals surface area contributed by atoms with E-state index in [1.807, 2.05) is 6.92 Å². The Kier molecular flexibility index (Phi) is 8.81. The molecule has 0 aliphatic rings. The zero-order valence-corrected chi connectivity index (χ0v) is 21.0. The number of H-pyrrole nitrogens is 1. The molecule has 0 aliphatic heterocycles. The fourth-order valence-electron chi connectivity index (χ4n) is 3.73. The van der Waals surface area contributed by atoms with Crippen molar-refractivity contribution in [3.8, 4) is 17.1 Å². The van der Waals surface area contributed by atoms with Gasteiger partial charge in [-0.3, -0.25) is 4.79 Å². The van der Waals surface area contributed by atoms with Crippen LogP contribution in [0.2, 0.25) is 0 Å². The van der Waals surface area contributed by atoms with Gasteiger partial charge in [-0.25, -0.2) is 22.6 Å². The van der Waals surface area contributed by atoms with E-state index in [0.29, 0.717) is 41.4 Å². The Hall–Kier alpha value is -2.76. The molecule has 0 unspecified atom stereocenters. The van der Waals surface area contributed by atoms with Crippen LogP contribution in [0.4, 0.5) is 0 Å². The fourth-order valence-corrected chi connectivity index (χ4v) is 4.77. The molecular weight excluding hydrogens is 458 g/mol. The number of imidazole rings is 1. The maximum absolute atomic E-state index is 13.0. The summed E-state index contributed by atoms with van der Waals surface area (Å²) in [5, 5.41) is 4.65. The van der Waals surface area contributed by atoms with E-state index in [1.54, 1.807) is 17.5 Å². The second-order valence-electron chi connectivity index (χ2n) is 7.97. The predicted molar refractivity (Wildman–Crippen MR) is 130 cm³/mol. The highest BCUT2D eigenvalue weighted by atomic mass is 32.2. The number of ether oxygens (including phenoxy) is 2. The highest BCUT2D eigenvalue weighted by molar-refractivity contribution is 7.89. The van der Waals surface area contributed by atoms with Gasteiger partial charge in [0.2, 0.25) is 10.0 Å². The third-order valence-electron chi connectivity index (χ3n) is 5.41. The highest BCUT2D eigenvalue weighted by Gasteiger charge is 2.20. The van der Waals surface area contributed by atoms with Crippen molar-refractivity contribution in [1.29, 1.82) is 0 Å². The van der Waals surface area contributed by atoms with Gasteiger partial charge in [0.1, 0.15) is 11.6 Å². The average molecular weight is 492 g/mol. The number of aromatic nitrogens is 4. The number of nitrogens with one attached hydrogen (secondary N) is 2. The van der Waals surface area contributed by atoms with Crippen molar-refractivity contribution in [2.24, 2.45) is 0 Å². The van der Waals surface area contributed by atoms with Gasteiger partial charge in [-0.2, -0.15) is 0 Å². The van der Waals surface area contributed by atoms with Crippen molar-refractivity contribution >= 4 is 15.5 Å². The van der Waals surface area contributed by atoms with Gasteiger partial charge in [-0.15, -0.1) is 5.10 Å². The molecule has 0 amide bonds. The van der Waals surface area contributed by atoms with Crippen molar-refractivity contribution in [3.05, 3.63) is 40.1 Å². The molecule has 11 heteroatoms. The van der Waals surface area contributed by atoms with E-state index >= 15 is 0 Å². The van der Waals surface area contributed by atoms with E-state index in [-0.39, 0.29) is 29.4 Å². The summed E-state index contributed by atoms with van der Waals surface area (Å²) in [7, 11) is -2.30. The Morgan fingerprint density at radius 3 is 2.68 bits per heavy atom. The number of aromatic amines is 1. The van der Waals surface area contributed by atoms with Crippen LogP contribution in [-0.4, -0.2) is 54.9 Å². The molecule has 0 saturated heterocycles. The molecular formula is C23H33N5O5S. The van der Waals surface area contributed by atoms with Gasteiger partial charge in [0.05, 0.1) is 29.4 Å². The van der Waals surface area contributed by atoms with Gasteiger partial charge in [0.15, 0.2) is 11.3 Å². The number of aryl methyl sites for hydroxylation is 2. The number of hydrogen-bond donors (Lipinski definition) is 2. The first-order valence-corrected chi connectivity index (χ1v) is 13.0. The standard InChI is InChI=1S/C23H33N5O5S/c1-5-7-8-9-10-20-25-16(3)21-23(29)26-22(27-28(20)21)18-15-17(11-12-19(18)33-6-2)34(30,31)24-13-14-32-4/h11-12,15,24H,5-10,13-14H2,1-4H3,(H,26,27,29). The Bertz CT molecular complexity index is 1280. The molecule has 2 N–H and O–H groups in total. The summed E-state index contributed by atoms with van der Waals surface area (Å²) < 4.78 is 40.2. The minimum Gasteiger partial charge on any atom is -0.493 e. The smallest absolute Gasteiger partial charge is 0.277 e. The maximum Gasteiger partial charge on any atom is 0.277 e. The summed E-state index contributed by atoms with van der Waals surface area (Å²) in [6, 6.07) is 4.48. The number of benzene rings is 1. The van der Waals surface area contributed by atoms with Gasteiger partial charge in [0, 0.05) is 20.1 Å². The largest absolute Gasteiger partial charge is 0.493 e. The van der Waals surface area contributed by atoms with Crippen LogP contribution in [0.25, 0.3) is 16.9 Å². The summed E-state index contributed by atoms with van der Waals surface area (Å²) in [5.41, 5.74) is 1.02. The van der Waals surface area contributed by atoms with Gasteiger partial charge in [-0.1, -0.05) is 26.2 Å². The van der Waals surface area contributed by atoms with Crippen molar-refractivity contribution in [2.75, 3.05) is 26.9 Å². The lowest BCUT2D eigenvalue weighted by molar-refractivity contribution is 0.204. The Morgan fingerprint density at radius 1 is 1.18 bits per heavy atom. The topological polar surface area (TPSA) is 128 Å². The molecule has 0 fully saturated rings. The number of hydrogen-bond acceptors (Lipinski definition) is 7. The Balaban J connectivity index is 2.08. The molecule has 0 spiro atoms. The Labute approximate surface area is 199 Å². The average Bonchev–Trinajstić information content (AvgIpc) is 3.13. The zero-order valence-electron chi connectivity index (χ0n) is 20.2. The summed E-state index contributed by atoms with van der Waals surface area (Å²) >= 11 is 0. The van der Waals surface area contributed by atoms with Crippen molar-refractivity contribution in [1.82, 2.24) is 24.3 Å². The first-order chi connectivity index (χ1) is 16.3. The molecule has 2 aromatic heterocycles. The summed E-state index contributed by atoms with van der Waals surface area (Å²) in [6.07, 6.45) is 4.98. The second-order valence-corrected chi connectivity index (χ2v) is 9.74. The summed E-state index contributed by atoms with van der Waals surface area (Å²) in [4.78, 5) is 20.4. The third-order valence-corrected chi connectivity index (χ3v) is 6.87. The van der Waals surface area contributed by atoms with E-state index in [1.165, 1.54) is 19.2 Å². The fraction of sp³-hybridized carbons (Fsp3) is 0.522. The molecule has 1 aromatic carbocycles. The minimum atomic E-state index is -3.79. The van der Waals surface area contributed by atoms with Crippen LogP contribution in [0, 0.1) is 6.92 Å². The van der Waals surface area contributed by atoms with E-state index in [0.717, 1.165) is 25.7 Å². The molecule has 0 aliphatic carbocycles. The van der Waals surface area contributed by atoms with Gasteiger partial charge < -0.3 is 14.5 Å². The van der Waals surface area contributed by atoms with Crippen LogP contribution in [0.1, 0.15) is 51.0 Å². The third kappa shape index (κ3) is 5.83. The number of sulfonamides is 1. The quantitative estimate of drug-likeness (QED) is 0.352. The van der Waals surface area contributed by atoms with E-state index in [9.17, 15) is 13.2 Å². The SMILES string of the molecule is CCCCCCc1nc(C)c2c(=O)[nH]c(-c3cc(S(=O)(=O)NCCOC)ccc3OCC)nn12. The first kappa shape index (κ1) is 25.9. The van der Waals surface area contributed by atoms with Crippen LogP contribution in [-0.2, 0) is 21.2 Å². The lowest BCUT2D eigenvalue weighted by atomic mass is 10.1. The van der Waals surface area contributed by atoms with Crippen molar-refractivity contribution in [3.63, 3.8) is 0 Å². The Morgan fingerprint density at radius 2 is 1.97 bits per heavy atom. The second kappa shape index (κ2) is 11.6. The lowest BCUT2D eigenvalue weighted by Crippen LogP contribution is -2.27. The van der Waals surface area contributed by atoms with Crippen LogP contribution in [0.3, 0.4) is 0 Å². The van der Waals surface area contributed by atoms with Crippen LogP contribution >= 0.6 is 0 Å². The van der Waals surface area contributed by atoms with Crippen molar-refractivity contribution < 1.29 is 17.9 Å². The maximum atomic E-state index is 13.0. The number of unbranched alkanes of at least 4 members (excludes halogenated alkanes) is 3. The molecule has 0 radical (unpaired) electrons. The number of rotatable bonds is 13. The van der Waals surface area contributed by atoms with E-state index < -0.39 is 10.0 Å². The zero-order chi connectivity index (χ0) is 24.7. The van der Waals surface area contributed by atoms with Crippen LogP contribution in [0.5, 0.6) is 5.75 Å². The van der Waals surface area contributed by atoms with Crippen molar-refractivity contribution in [2.45, 2.75) is 57.8 Å². The summed E-state index contributed by atoms with van der Waals surface area (Å²) in [6.45, 7) is 6.51. The first-order valence-electron chi connectivity index (χ1n) is 11.6. The molecule has 0 bridgehead atoms. The van der Waals surface area contributed by atoms with Crippen LogP contribution < -0.4 is 15.0 Å². The predicted octanol–water partition coefficient (Wildman–Crippen LogP) is 2.84.